The fourth-order valence-corrected chi connectivity index (χ4v) is 9.19. The second kappa shape index (κ2) is 13.1. The van der Waals surface area contributed by atoms with E-state index < -0.39 is 9.84 Å². The Morgan fingerprint density at radius 2 is 1.21 bits per heavy atom. The van der Waals surface area contributed by atoms with Gasteiger partial charge in [0.25, 0.3) is 0 Å². The van der Waals surface area contributed by atoms with Crippen LogP contribution in [0.4, 0.5) is 0 Å². The zero-order valence-electron chi connectivity index (χ0n) is 23.9. The first-order chi connectivity index (χ1) is 19.0. The van der Waals surface area contributed by atoms with E-state index in [0.29, 0.717) is 22.1 Å². The Kier molecular flexibility index (Phi) is 9.58. The fraction of sp³-hybridized carbons (Fsp3) is 0.647. The SMILES string of the molecule is CCCCOc1ccc(S(=O)(=O)c2cc(C3CCCCC3)c(O)cc2C2CCCCC2)c(C2CCCCC2)c1. The van der Waals surface area contributed by atoms with Gasteiger partial charge in [-0.2, -0.15) is 0 Å². The molecule has 2 aromatic carbocycles. The predicted octanol–water partition coefficient (Wildman–Crippen LogP) is 9.55. The Balaban J connectivity index is 1.61. The van der Waals surface area contributed by atoms with Crippen LogP contribution in [0.25, 0.3) is 0 Å². The van der Waals surface area contributed by atoms with Crippen LogP contribution in [0.5, 0.6) is 11.5 Å². The van der Waals surface area contributed by atoms with Crippen molar-refractivity contribution in [2.75, 3.05) is 6.61 Å². The van der Waals surface area contributed by atoms with Crippen LogP contribution in [0.1, 0.15) is 151 Å². The highest BCUT2D eigenvalue weighted by Gasteiger charge is 2.33. The van der Waals surface area contributed by atoms with Crippen molar-refractivity contribution in [3.8, 4) is 11.5 Å². The molecule has 0 amide bonds. The topological polar surface area (TPSA) is 63.6 Å². The van der Waals surface area contributed by atoms with Crippen molar-refractivity contribution in [1.29, 1.82) is 0 Å². The van der Waals surface area contributed by atoms with Gasteiger partial charge in [-0.15, -0.1) is 0 Å². The standard InChI is InChI=1S/C34H48O4S/c1-2-3-21-38-28-19-20-33(30(22-28)26-15-9-5-10-16-26)39(36,37)34-24-29(25-13-7-4-8-14-25)32(35)23-31(34)27-17-11-6-12-18-27/h19-20,22-27,35H,2-18,21H2,1H3. The van der Waals surface area contributed by atoms with Crippen molar-refractivity contribution >= 4 is 9.84 Å². The summed E-state index contributed by atoms with van der Waals surface area (Å²) >= 11 is 0. The van der Waals surface area contributed by atoms with E-state index in [2.05, 4.69) is 6.92 Å². The Morgan fingerprint density at radius 1 is 0.692 bits per heavy atom. The fourth-order valence-electron chi connectivity index (χ4n) is 7.35. The summed E-state index contributed by atoms with van der Waals surface area (Å²) < 4.78 is 35.6. The van der Waals surface area contributed by atoms with Crippen molar-refractivity contribution in [1.82, 2.24) is 0 Å². The minimum absolute atomic E-state index is 0.185. The first-order valence-electron chi connectivity index (χ1n) is 15.9. The summed E-state index contributed by atoms with van der Waals surface area (Å²) in [6.45, 7) is 2.80. The monoisotopic (exact) mass is 552 g/mol. The number of sulfone groups is 1. The number of hydrogen-bond donors (Lipinski definition) is 1. The van der Waals surface area contributed by atoms with Crippen LogP contribution in [0, 0.1) is 0 Å². The average Bonchev–Trinajstić information content (AvgIpc) is 2.98. The Morgan fingerprint density at radius 3 is 1.74 bits per heavy atom. The smallest absolute Gasteiger partial charge is 0.207 e. The maximum Gasteiger partial charge on any atom is 0.207 e. The maximum absolute atomic E-state index is 14.8. The van der Waals surface area contributed by atoms with Gasteiger partial charge in [0, 0.05) is 0 Å². The molecule has 3 fully saturated rings. The third kappa shape index (κ3) is 6.50. The first kappa shape index (κ1) is 28.5. The molecule has 4 nitrogen and oxygen atoms in total. The molecule has 0 unspecified atom stereocenters. The molecule has 0 aliphatic heterocycles. The molecule has 3 saturated carbocycles. The largest absolute Gasteiger partial charge is 0.508 e. The molecule has 5 rings (SSSR count). The lowest BCUT2D eigenvalue weighted by atomic mass is 9.80. The molecular formula is C34H48O4S. The van der Waals surface area contributed by atoms with Gasteiger partial charge >= 0.3 is 0 Å². The number of unbranched alkanes of at least 4 members (excludes halogenated alkanes) is 1. The number of ether oxygens (including phenoxy) is 1. The molecule has 3 aliphatic carbocycles. The highest BCUT2D eigenvalue weighted by Crippen LogP contribution is 2.46. The highest BCUT2D eigenvalue weighted by atomic mass is 32.2. The van der Waals surface area contributed by atoms with Crippen molar-refractivity contribution in [3.05, 3.63) is 47.0 Å². The van der Waals surface area contributed by atoms with Crippen LogP contribution < -0.4 is 4.74 Å². The minimum atomic E-state index is -3.79. The van der Waals surface area contributed by atoms with E-state index >= 15 is 0 Å². The number of phenolic OH excluding ortho intramolecular Hbond substituents is 1. The van der Waals surface area contributed by atoms with Crippen molar-refractivity contribution in [2.24, 2.45) is 0 Å². The van der Waals surface area contributed by atoms with Crippen molar-refractivity contribution in [2.45, 2.75) is 144 Å². The molecule has 0 atom stereocenters. The van der Waals surface area contributed by atoms with E-state index in [4.69, 9.17) is 4.74 Å². The lowest BCUT2D eigenvalue weighted by molar-refractivity contribution is 0.308. The van der Waals surface area contributed by atoms with E-state index in [1.807, 2.05) is 30.3 Å². The molecule has 0 aromatic heterocycles. The molecular weight excluding hydrogens is 504 g/mol. The Bertz CT molecular complexity index is 1200. The van der Waals surface area contributed by atoms with Crippen LogP contribution >= 0.6 is 0 Å². The average molecular weight is 553 g/mol. The summed E-state index contributed by atoms with van der Waals surface area (Å²) in [5, 5.41) is 11.2. The summed E-state index contributed by atoms with van der Waals surface area (Å²) in [6.07, 6.45) is 18.6. The van der Waals surface area contributed by atoms with E-state index in [9.17, 15) is 13.5 Å². The zero-order valence-corrected chi connectivity index (χ0v) is 24.7. The number of benzene rings is 2. The van der Waals surface area contributed by atoms with Gasteiger partial charge in [-0.3, -0.25) is 0 Å². The minimum Gasteiger partial charge on any atom is -0.508 e. The van der Waals surface area contributed by atoms with Crippen LogP contribution in [-0.4, -0.2) is 20.1 Å². The van der Waals surface area contributed by atoms with Crippen LogP contribution in [-0.2, 0) is 9.84 Å². The number of aromatic hydroxyl groups is 1. The number of rotatable bonds is 9. The molecule has 39 heavy (non-hydrogen) atoms. The molecule has 2 aromatic rings. The van der Waals surface area contributed by atoms with Gasteiger partial charge in [-0.05, 0) is 110 Å². The van der Waals surface area contributed by atoms with Gasteiger partial charge in [0.05, 0.1) is 16.4 Å². The molecule has 0 heterocycles. The third-order valence-electron chi connectivity index (χ3n) is 9.62. The lowest BCUT2D eigenvalue weighted by Crippen LogP contribution is -2.16. The molecule has 0 saturated heterocycles. The summed E-state index contributed by atoms with van der Waals surface area (Å²) in [5.74, 6) is 1.74. The van der Waals surface area contributed by atoms with E-state index in [0.717, 1.165) is 112 Å². The van der Waals surface area contributed by atoms with Crippen LogP contribution in [0.2, 0.25) is 0 Å². The number of phenols is 1. The first-order valence-corrected chi connectivity index (χ1v) is 17.4. The van der Waals surface area contributed by atoms with E-state index in [1.54, 1.807) is 0 Å². The van der Waals surface area contributed by atoms with Crippen molar-refractivity contribution in [3.63, 3.8) is 0 Å². The predicted molar refractivity (Wildman–Crippen MR) is 158 cm³/mol. The molecule has 1 N–H and O–H groups in total. The molecule has 0 spiro atoms. The van der Waals surface area contributed by atoms with Gasteiger partial charge in [0.2, 0.25) is 9.84 Å². The van der Waals surface area contributed by atoms with E-state index in [1.165, 1.54) is 19.3 Å². The van der Waals surface area contributed by atoms with Crippen LogP contribution in [0.3, 0.4) is 0 Å². The maximum atomic E-state index is 14.8. The molecule has 214 valence electrons. The highest BCUT2D eigenvalue weighted by molar-refractivity contribution is 7.91. The molecule has 3 aliphatic rings. The van der Waals surface area contributed by atoms with Crippen molar-refractivity contribution < 1.29 is 18.3 Å². The van der Waals surface area contributed by atoms with Gasteiger partial charge in [-0.25, -0.2) is 8.42 Å². The zero-order chi connectivity index (χ0) is 27.2. The molecule has 0 bridgehead atoms. The third-order valence-corrected chi connectivity index (χ3v) is 11.5. The lowest BCUT2D eigenvalue weighted by Gasteiger charge is -2.29. The van der Waals surface area contributed by atoms with E-state index in [-0.39, 0.29) is 17.8 Å². The van der Waals surface area contributed by atoms with Gasteiger partial charge in [0.1, 0.15) is 11.5 Å². The Labute approximate surface area is 236 Å². The molecule has 5 heteroatoms. The van der Waals surface area contributed by atoms with Gasteiger partial charge in [-0.1, -0.05) is 71.1 Å². The molecule has 0 radical (unpaired) electrons. The second-order valence-corrected chi connectivity index (χ2v) is 14.2. The summed E-state index contributed by atoms with van der Waals surface area (Å²) in [4.78, 5) is 0.902. The van der Waals surface area contributed by atoms with Crippen LogP contribution in [0.15, 0.2) is 40.1 Å². The van der Waals surface area contributed by atoms with Gasteiger partial charge in [0.15, 0.2) is 0 Å². The van der Waals surface area contributed by atoms with Gasteiger partial charge < -0.3 is 9.84 Å². The quantitative estimate of drug-likeness (QED) is 0.315. The normalized spacial score (nSPS) is 20.2. The second-order valence-electron chi connectivity index (χ2n) is 12.4. The summed E-state index contributed by atoms with van der Waals surface area (Å²) in [7, 11) is -3.79. The number of hydrogen-bond acceptors (Lipinski definition) is 4. The Hall–Kier alpha value is -2.01. The summed E-state index contributed by atoms with van der Waals surface area (Å²) in [6, 6.07) is 9.44. The summed E-state index contributed by atoms with van der Waals surface area (Å²) in [5.41, 5.74) is 2.61.